The van der Waals surface area contributed by atoms with Crippen molar-refractivity contribution in [2.45, 2.75) is 5.75 Å². The molecule has 0 fully saturated rings. The highest BCUT2D eigenvalue weighted by Gasteiger charge is 1.91. The lowest BCUT2D eigenvalue weighted by Crippen LogP contribution is -1.78. The summed E-state index contributed by atoms with van der Waals surface area (Å²) < 4.78 is 0.982. The number of halogens is 2. The van der Waals surface area contributed by atoms with Gasteiger partial charge in [-0.3, -0.25) is 0 Å². The predicted molar refractivity (Wildman–Crippen MR) is 56.5 cm³/mol. The van der Waals surface area contributed by atoms with Crippen LogP contribution in [0.5, 0.6) is 0 Å². The predicted octanol–water partition coefficient (Wildman–Crippen LogP) is 3.93. The summed E-state index contributed by atoms with van der Waals surface area (Å²) in [5, 5.41) is 0.803. The molecule has 0 aliphatic rings. The molecule has 0 aromatic heterocycles. The molecule has 0 amide bonds. The minimum Gasteiger partial charge on any atom is -0.146 e. The number of hydrogen-bond donors (Lipinski definition) is 0. The van der Waals surface area contributed by atoms with E-state index in [1.54, 1.807) is 0 Å². The molecule has 0 atom stereocenters. The smallest absolute Gasteiger partial charge is 0.0493 e. The van der Waals surface area contributed by atoms with Gasteiger partial charge in [0.25, 0.3) is 0 Å². The average molecular weight is 252 g/mol. The molecule has 0 saturated carbocycles. The van der Waals surface area contributed by atoms with E-state index in [1.807, 2.05) is 23.9 Å². The Morgan fingerprint density at radius 2 is 1.91 bits per heavy atom. The minimum atomic E-state index is 0.803. The molecule has 0 saturated heterocycles. The number of benzene rings is 1. The molecule has 0 spiro atoms. The zero-order chi connectivity index (χ0) is 8.10. The second kappa shape index (κ2) is 5.07. The van der Waals surface area contributed by atoms with E-state index < -0.39 is 0 Å². The Bertz CT molecular complexity index is 210. The molecular weight excluding hydrogens is 244 g/mol. The van der Waals surface area contributed by atoms with Crippen molar-refractivity contribution in [2.24, 2.45) is 0 Å². The molecule has 11 heavy (non-hydrogen) atoms. The van der Waals surface area contributed by atoms with Gasteiger partial charge in [-0.05, 0) is 17.7 Å². The van der Waals surface area contributed by atoms with E-state index in [1.165, 1.54) is 5.56 Å². The van der Waals surface area contributed by atoms with Crippen molar-refractivity contribution >= 4 is 39.3 Å². The molecule has 1 aromatic carbocycles. The zero-order valence-electron chi connectivity index (χ0n) is 5.89. The van der Waals surface area contributed by atoms with Crippen LogP contribution in [0.3, 0.4) is 0 Å². The average Bonchev–Trinajstić information content (AvgIpc) is 2.04. The Hall–Kier alpha value is 0.340. The summed E-state index contributed by atoms with van der Waals surface area (Å²) in [6.45, 7) is 0. The van der Waals surface area contributed by atoms with Crippen molar-refractivity contribution in [3.63, 3.8) is 0 Å². The summed E-state index contributed by atoms with van der Waals surface area (Å²) in [6.07, 6.45) is 0. The van der Waals surface area contributed by atoms with Gasteiger partial charge in [0, 0.05) is 15.4 Å². The maximum Gasteiger partial charge on any atom is 0.0493 e. The summed E-state index contributed by atoms with van der Waals surface area (Å²) >= 11 is 10.9. The van der Waals surface area contributed by atoms with Crippen molar-refractivity contribution in [1.82, 2.24) is 0 Å². The topological polar surface area (TPSA) is 0 Å². The molecule has 0 aliphatic carbocycles. The molecule has 0 N–H and O–H groups in total. The van der Waals surface area contributed by atoms with Gasteiger partial charge in [-0.15, -0.1) is 11.8 Å². The molecule has 1 aromatic rings. The molecule has 0 aliphatic heterocycles. The summed E-state index contributed by atoms with van der Waals surface area (Å²) in [5.74, 6) is 1.04. The third kappa shape index (κ3) is 3.50. The molecule has 0 bridgehead atoms. The maximum atomic E-state index is 5.73. The van der Waals surface area contributed by atoms with Crippen LogP contribution in [-0.4, -0.2) is 4.66 Å². The van der Waals surface area contributed by atoms with E-state index in [0.29, 0.717) is 0 Å². The van der Waals surface area contributed by atoms with E-state index in [0.717, 1.165) is 15.4 Å². The molecular formula is C8H8BrClS. The molecule has 0 radical (unpaired) electrons. The van der Waals surface area contributed by atoms with Crippen LogP contribution in [-0.2, 0) is 5.75 Å². The molecule has 3 heteroatoms. The van der Waals surface area contributed by atoms with Crippen LogP contribution in [0.1, 0.15) is 5.56 Å². The van der Waals surface area contributed by atoms with Gasteiger partial charge in [0.15, 0.2) is 0 Å². The lowest BCUT2D eigenvalue weighted by molar-refractivity contribution is 1.42. The molecule has 0 nitrogen and oxygen atoms in total. The number of alkyl halides is 1. The van der Waals surface area contributed by atoms with Crippen LogP contribution in [0, 0.1) is 0 Å². The van der Waals surface area contributed by atoms with Gasteiger partial charge >= 0.3 is 0 Å². The second-order valence-corrected chi connectivity index (χ2v) is 4.81. The van der Waals surface area contributed by atoms with E-state index in [-0.39, 0.29) is 0 Å². The Morgan fingerprint density at radius 1 is 1.27 bits per heavy atom. The Kier molecular flexibility index (Phi) is 4.34. The summed E-state index contributed by atoms with van der Waals surface area (Å²) in [6, 6.07) is 7.95. The number of thioether (sulfide) groups is 1. The van der Waals surface area contributed by atoms with Crippen LogP contribution >= 0.6 is 39.3 Å². The van der Waals surface area contributed by atoms with Crippen molar-refractivity contribution in [2.75, 3.05) is 4.66 Å². The van der Waals surface area contributed by atoms with Crippen LogP contribution in [0.4, 0.5) is 0 Å². The van der Waals surface area contributed by atoms with Gasteiger partial charge in [-0.25, -0.2) is 0 Å². The molecule has 0 heterocycles. The minimum absolute atomic E-state index is 0.803. The SMILES string of the molecule is Clc1ccc(CSCBr)cc1. The van der Waals surface area contributed by atoms with Gasteiger partial charge in [0.2, 0.25) is 0 Å². The maximum absolute atomic E-state index is 5.73. The fraction of sp³-hybridized carbons (Fsp3) is 0.250. The first-order valence-electron chi connectivity index (χ1n) is 3.21. The number of hydrogen-bond acceptors (Lipinski definition) is 1. The largest absolute Gasteiger partial charge is 0.146 e. The third-order valence-electron chi connectivity index (χ3n) is 1.26. The highest BCUT2D eigenvalue weighted by atomic mass is 79.9. The van der Waals surface area contributed by atoms with Gasteiger partial charge in [-0.2, -0.15) is 0 Å². The lowest BCUT2D eigenvalue weighted by Gasteiger charge is -1.97. The summed E-state index contributed by atoms with van der Waals surface area (Å²) in [4.78, 5) is 0. The van der Waals surface area contributed by atoms with E-state index >= 15 is 0 Å². The van der Waals surface area contributed by atoms with Crippen molar-refractivity contribution < 1.29 is 0 Å². The Balaban J connectivity index is 2.52. The first kappa shape index (κ1) is 9.43. The van der Waals surface area contributed by atoms with Crippen LogP contribution in [0.15, 0.2) is 24.3 Å². The van der Waals surface area contributed by atoms with Gasteiger partial charge in [0.05, 0.1) is 0 Å². The van der Waals surface area contributed by atoms with E-state index in [2.05, 4.69) is 28.1 Å². The van der Waals surface area contributed by atoms with Gasteiger partial charge < -0.3 is 0 Å². The fourth-order valence-corrected chi connectivity index (χ4v) is 1.85. The van der Waals surface area contributed by atoms with E-state index in [9.17, 15) is 0 Å². The Labute approximate surface area is 84.5 Å². The van der Waals surface area contributed by atoms with Crippen LogP contribution in [0.2, 0.25) is 5.02 Å². The fourth-order valence-electron chi connectivity index (χ4n) is 0.737. The number of rotatable bonds is 3. The summed E-state index contributed by atoms with van der Waals surface area (Å²) in [5.41, 5.74) is 1.32. The Morgan fingerprint density at radius 3 is 2.45 bits per heavy atom. The zero-order valence-corrected chi connectivity index (χ0v) is 9.05. The highest BCUT2D eigenvalue weighted by Crippen LogP contribution is 2.16. The second-order valence-electron chi connectivity index (χ2n) is 2.08. The standard InChI is InChI=1S/C8H8BrClS/c9-6-11-5-7-1-3-8(10)4-2-7/h1-4H,5-6H2. The van der Waals surface area contributed by atoms with Crippen molar-refractivity contribution in [1.29, 1.82) is 0 Å². The lowest BCUT2D eigenvalue weighted by atomic mass is 10.2. The molecule has 60 valence electrons. The van der Waals surface area contributed by atoms with E-state index in [4.69, 9.17) is 11.6 Å². The van der Waals surface area contributed by atoms with Crippen LogP contribution in [0.25, 0.3) is 0 Å². The highest BCUT2D eigenvalue weighted by molar-refractivity contribution is 9.11. The normalized spacial score (nSPS) is 10.0. The molecule has 0 unspecified atom stereocenters. The van der Waals surface area contributed by atoms with Crippen molar-refractivity contribution in [3.05, 3.63) is 34.9 Å². The monoisotopic (exact) mass is 250 g/mol. The van der Waals surface area contributed by atoms with Crippen LogP contribution < -0.4 is 0 Å². The third-order valence-corrected chi connectivity index (χ3v) is 3.17. The quantitative estimate of drug-likeness (QED) is 0.734. The first-order chi connectivity index (χ1) is 5.33. The van der Waals surface area contributed by atoms with Crippen molar-refractivity contribution in [3.8, 4) is 0 Å². The van der Waals surface area contributed by atoms with Gasteiger partial charge in [-0.1, -0.05) is 39.7 Å². The first-order valence-corrected chi connectivity index (χ1v) is 5.86. The molecule has 1 rings (SSSR count). The summed E-state index contributed by atoms with van der Waals surface area (Å²) in [7, 11) is 0. The van der Waals surface area contributed by atoms with Gasteiger partial charge in [0.1, 0.15) is 0 Å².